The van der Waals surface area contributed by atoms with Crippen LogP contribution in [0.15, 0.2) is 46.9 Å². The van der Waals surface area contributed by atoms with Gasteiger partial charge in [0.15, 0.2) is 11.5 Å². The highest BCUT2D eigenvalue weighted by Crippen LogP contribution is 2.33. The number of fused-ring (bicyclic) bond motifs is 1. The van der Waals surface area contributed by atoms with Crippen molar-refractivity contribution in [1.29, 1.82) is 0 Å². The number of aryl methyl sites for hydroxylation is 1. The fraction of sp³-hybridized carbons (Fsp3) is 0.318. The van der Waals surface area contributed by atoms with Crippen LogP contribution in [-0.4, -0.2) is 33.8 Å². The molecule has 0 unspecified atom stereocenters. The maximum absolute atomic E-state index is 12.9. The van der Waals surface area contributed by atoms with Crippen LogP contribution in [0.2, 0.25) is 5.02 Å². The van der Waals surface area contributed by atoms with E-state index in [1.54, 1.807) is 12.1 Å². The summed E-state index contributed by atoms with van der Waals surface area (Å²) in [5.74, 6) is 2.42. The lowest BCUT2D eigenvalue weighted by Crippen LogP contribution is -2.32. The lowest BCUT2D eigenvalue weighted by Gasteiger charge is -2.20. The van der Waals surface area contributed by atoms with Gasteiger partial charge in [-0.1, -0.05) is 17.7 Å². The number of hydrogen-bond acceptors (Lipinski definition) is 6. The zero-order chi connectivity index (χ0) is 20.5. The van der Waals surface area contributed by atoms with Crippen LogP contribution in [0.3, 0.4) is 0 Å². The van der Waals surface area contributed by atoms with Crippen LogP contribution in [0.5, 0.6) is 11.5 Å². The number of amides is 1. The third-order valence-corrected chi connectivity index (χ3v) is 5.49. The number of rotatable bonds is 7. The molecule has 1 amide bonds. The van der Waals surface area contributed by atoms with Gasteiger partial charge in [-0.05, 0) is 61.2 Å². The summed E-state index contributed by atoms with van der Waals surface area (Å²) >= 11 is 5.93. The van der Waals surface area contributed by atoms with E-state index in [2.05, 4.69) is 10.2 Å². The molecule has 2 aromatic carbocycles. The van der Waals surface area contributed by atoms with Gasteiger partial charge < -0.3 is 18.8 Å². The molecule has 8 heteroatoms. The molecular formula is C22H20ClN3O4. The van der Waals surface area contributed by atoms with Gasteiger partial charge in [0.25, 0.3) is 0 Å². The van der Waals surface area contributed by atoms with Crippen molar-refractivity contribution < 1.29 is 18.7 Å². The van der Waals surface area contributed by atoms with Gasteiger partial charge in [-0.25, -0.2) is 0 Å². The van der Waals surface area contributed by atoms with Crippen molar-refractivity contribution in [2.75, 3.05) is 6.79 Å². The first kappa shape index (κ1) is 18.9. The number of carbonyl (C=O) groups excluding carboxylic acids is 1. The Morgan fingerprint density at radius 1 is 1.07 bits per heavy atom. The third-order valence-electron chi connectivity index (χ3n) is 5.24. The summed E-state index contributed by atoms with van der Waals surface area (Å²) in [6.45, 7) is 0.570. The molecule has 154 valence electrons. The molecule has 1 aliphatic heterocycles. The van der Waals surface area contributed by atoms with Crippen LogP contribution in [-0.2, 0) is 17.8 Å². The first-order valence-electron chi connectivity index (χ1n) is 9.92. The van der Waals surface area contributed by atoms with E-state index in [0.717, 1.165) is 35.5 Å². The van der Waals surface area contributed by atoms with Gasteiger partial charge >= 0.3 is 0 Å². The van der Waals surface area contributed by atoms with Gasteiger partial charge in [-0.15, -0.1) is 10.2 Å². The Bertz CT molecular complexity index is 1060. The maximum atomic E-state index is 12.9. The molecule has 30 heavy (non-hydrogen) atoms. The zero-order valence-corrected chi connectivity index (χ0v) is 17.0. The number of hydrogen-bond donors (Lipinski definition) is 0. The van der Waals surface area contributed by atoms with Crippen LogP contribution < -0.4 is 9.47 Å². The number of aromatic nitrogens is 2. The molecule has 0 atom stereocenters. The molecule has 5 rings (SSSR count). The van der Waals surface area contributed by atoms with Gasteiger partial charge in [-0.2, -0.15) is 0 Å². The fourth-order valence-electron chi connectivity index (χ4n) is 3.47. The van der Waals surface area contributed by atoms with Crippen molar-refractivity contribution in [1.82, 2.24) is 15.1 Å². The lowest BCUT2D eigenvalue weighted by atomic mass is 10.1. The minimum absolute atomic E-state index is 0.0846. The molecular weight excluding hydrogens is 406 g/mol. The molecule has 2 heterocycles. The topological polar surface area (TPSA) is 77.7 Å². The average Bonchev–Trinajstić information content (AvgIpc) is 3.30. The van der Waals surface area contributed by atoms with Gasteiger partial charge in [0.2, 0.25) is 24.5 Å². The number of carbonyl (C=O) groups is 1. The smallest absolute Gasteiger partial charge is 0.247 e. The predicted molar refractivity (Wildman–Crippen MR) is 109 cm³/mol. The Morgan fingerprint density at radius 3 is 2.67 bits per heavy atom. The molecule has 1 fully saturated rings. The van der Waals surface area contributed by atoms with E-state index in [-0.39, 0.29) is 18.7 Å². The average molecular weight is 426 g/mol. The van der Waals surface area contributed by atoms with Gasteiger partial charge in [-0.3, -0.25) is 4.79 Å². The lowest BCUT2D eigenvalue weighted by molar-refractivity contribution is -0.132. The Morgan fingerprint density at radius 2 is 1.87 bits per heavy atom. The Kier molecular flexibility index (Phi) is 5.04. The van der Waals surface area contributed by atoms with Crippen LogP contribution in [0.4, 0.5) is 0 Å². The summed E-state index contributed by atoms with van der Waals surface area (Å²) in [5.41, 5.74) is 1.84. The van der Waals surface area contributed by atoms with Crippen LogP contribution >= 0.6 is 11.6 Å². The molecule has 3 aromatic rings. The summed E-state index contributed by atoms with van der Waals surface area (Å²) in [7, 11) is 0. The van der Waals surface area contributed by atoms with E-state index in [1.165, 1.54) is 0 Å². The Labute approximate surface area is 178 Å². The Balaban J connectivity index is 1.23. The third kappa shape index (κ3) is 4.11. The first-order valence-corrected chi connectivity index (χ1v) is 10.3. The summed E-state index contributed by atoms with van der Waals surface area (Å²) in [6, 6.07) is 13.3. The Hall–Kier alpha value is -3.06. The number of benzene rings is 2. The molecule has 0 N–H and O–H groups in total. The molecule has 2 aliphatic rings. The van der Waals surface area contributed by atoms with Crippen LogP contribution in [0.1, 0.15) is 30.7 Å². The van der Waals surface area contributed by atoms with Gasteiger partial charge in [0, 0.05) is 23.0 Å². The minimum Gasteiger partial charge on any atom is -0.454 e. The standard InChI is InChI=1S/C22H20ClN3O4/c23-16-5-3-15(4-6-16)22-25-24-20(30-22)12-26(17-7-8-17)21(27)10-2-14-1-9-18-19(11-14)29-13-28-18/h1,3-6,9,11,17H,2,7-8,10,12-13H2. The highest BCUT2D eigenvalue weighted by Gasteiger charge is 2.33. The maximum Gasteiger partial charge on any atom is 0.247 e. The zero-order valence-electron chi connectivity index (χ0n) is 16.2. The van der Waals surface area contributed by atoms with E-state index in [1.807, 2.05) is 35.2 Å². The van der Waals surface area contributed by atoms with Crippen molar-refractivity contribution in [3.8, 4) is 23.0 Å². The molecule has 0 bridgehead atoms. The number of nitrogens with zero attached hydrogens (tertiary/aromatic N) is 3. The monoisotopic (exact) mass is 425 g/mol. The molecule has 1 aromatic heterocycles. The van der Waals surface area contributed by atoms with Gasteiger partial charge in [0.05, 0.1) is 6.54 Å². The second kappa shape index (κ2) is 7.99. The quantitative estimate of drug-likeness (QED) is 0.563. The number of ether oxygens (including phenoxy) is 2. The van der Waals surface area contributed by atoms with E-state index < -0.39 is 0 Å². The fourth-order valence-corrected chi connectivity index (χ4v) is 3.60. The van der Waals surface area contributed by atoms with Crippen molar-refractivity contribution in [2.24, 2.45) is 0 Å². The highest BCUT2D eigenvalue weighted by molar-refractivity contribution is 6.30. The SMILES string of the molecule is O=C(CCc1ccc2c(c1)OCO2)N(Cc1nnc(-c2ccc(Cl)cc2)o1)C1CC1. The summed E-state index contributed by atoms with van der Waals surface area (Å²) in [5, 5.41) is 8.89. The molecule has 1 saturated carbocycles. The van der Waals surface area contributed by atoms with Crippen molar-refractivity contribution >= 4 is 17.5 Å². The van der Waals surface area contributed by atoms with Crippen molar-refractivity contribution in [3.63, 3.8) is 0 Å². The normalized spacial score (nSPS) is 14.7. The highest BCUT2D eigenvalue weighted by atomic mass is 35.5. The summed E-state index contributed by atoms with van der Waals surface area (Å²) in [6.07, 6.45) is 3.06. The first-order chi connectivity index (χ1) is 14.7. The van der Waals surface area contributed by atoms with Crippen molar-refractivity contribution in [2.45, 2.75) is 38.3 Å². The van der Waals surface area contributed by atoms with Gasteiger partial charge in [0.1, 0.15) is 0 Å². The second-order valence-corrected chi connectivity index (χ2v) is 7.88. The number of halogens is 1. The van der Waals surface area contributed by atoms with Crippen LogP contribution in [0, 0.1) is 0 Å². The molecule has 7 nitrogen and oxygen atoms in total. The summed E-state index contributed by atoms with van der Waals surface area (Å²) in [4.78, 5) is 14.8. The van der Waals surface area contributed by atoms with E-state index in [4.69, 9.17) is 25.5 Å². The van der Waals surface area contributed by atoms with E-state index in [0.29, 0.717) is 36.2 Å². The summed E-state index contributed by atoms with van der Waals surface area (Å²) < 4.78 is 16.5. The van der Waals surface area contributed by atoms with Crippen molar-refractivity contribution in [3.05, 3.63) is 58.9 Å². The van der Waals surface area contributed by atoms with E-state index in [9.17, 15) is 4.79 Å². The largest absolute Gasteiger partial charge is 0.454 e. The molecule has 1 aliphatic carbocycles. The molecule has 0 radical (unpaired) electrons. The predicted octanol–water partition coefficient (Wildman–Crippen LogP) is 4.24. The molecule has 0 spiro atoms. The minimum atomic E-state index is 0.0846. The molecule has 0 saturated heterocycles. The second-order valence-electron chi connectivity index (χ2n) is 7.45. The van der Waals surface area contributed by atoms with E-state index >= 15 is 0 Å². The van der Waals surface area contributed by atoms with Crippen LogP contribution in [0.25, 0.3) is 11.5 Å².